The zero-order valence-electron chi connectivity index (χ0n) is 10.5. The molecule has 0 saturated carbocycles. The molecule has 0 unspecified atom stereocenters. The van der Waals surface area contributed by atoms with Crippen LogP contribution >= 0.6 is 11.3 Å². The highest BCUT2D eigenvalue weighted by Gasteiger charge is 2.29. The van der Waals surface area contributed by atoms with Crippen LogP contribution in [-0.2, 0) is 11.3 Å². The van der Waals surface area contributed by atoms with E-state index in [0.717, 1.165) is 45.7 Å². The summed E-state index contributed by atoms with van der Waals surface area (Å²) in [4.78, 5) is 3.86. The van der Waals surface area contributed by atoms with Gasteiger partial charge in [-0.2, -0.15) is 0 Å². The predicted octanol–water partition coefficient (Wildman–Crippen LogP) is 2.08. The van der Waals surface area contributed by atoms with Crippen LogP contribution in [0.25, 0.3) is 0 Å². The summed E-state index contributed by atoms with van der Waals surface area (Å²) in [5.74, 6) is 0. The third kappa shape index (κ3) is 3.78. The van der Waals surface area contributed by atoms with Crippen molar-refractivity contribution in [3.8, 4) is 0 Å². The standard InChI is InChI=1S/C13H22N2OS/c1-2-15(10-12-4-3-9-17-12)11-13(14)5-7-16-8-6-13/h3-4,9H,2,5-8,10-11,14H2,1H3. The van der Waals surface area contributed by atoms with Crippen LogP contribution in [0.5, 0.6) is 0 Å². The second kappa shape index (κ2) is 5.96. The molecule has 1 saturated heterocycles. The fourth-order valence-corrected chi connectivity index (χ4v) is 3.03. The molecule has 1 aromatic rings. The summed E-state index contributed by atoms with van der Waals surface area (Å²) in [6.45, 7) is 6.88. The molecule has 2 rings (SSSR count). The lowest BCUT2D eigenvalue weighted by Crippen LogP contribution is -2.53. The fourth-order valence-electron chi connectivity index (χ4n) is 2.28. The van der Waals surface area contributed by atoms with E-state index in [4.69, 9.17) is 10.5 Å². The first kappa shape index (κ1) is 13.0. The lowest BCUT2D eigenvalue weighted by molar-refractivity contribution is 0.0374. The van der Waals surface area contributed by atoms with Crippen molar-refractivity contribution in [3.63, 3.8) is 0 Å². The second-order valence-corrected chi connectivity index (χ2v) is 5.89. The van der Waals surface area contributed by atoms with Crippen LogP contribution in [0.3, 0.4) is 0 Å². The van der Waals surface area contributed by atoms with Gasteiger partial charge in [0.1, 0.15) is 0 Å². The Morgan fingerprint density at radius 3 is 2.82 bits per heavy atom. The van der Waals surface area contributed by atoms with Gasteiger partial charge in [0.15, 0.2) is 0 Å². The molecule has 17 heavy (non-hydrogen) atoms. The van der Waals surface area contributed by atoms with Crippen molar-refractivity contribution >= 4 is 11.3 Å². The fraction of sp³-hybridized carbons (Fsp3) is 0.692. The maximum Gasteiger partial charge on any atom is 0.0484 e. The molecule has 1 fully saturated rings. The zero-order valence-corrected chi connectivity index (χ0v) is 11.3. The highest BCUT2D eigenvalue weighted by atomic mass is 32.1. The summed E-state index contributed by atoms with van der Waals surface area (Å²) in [6.07, 6.45) is 1.96. The van der Waals surface area contributed by atoms with Crippen molar-refractivity contribution in [2.24, 2.45) is 5.73 Å². The van der Waals surface area contributed by atoms with Crippen LogP contribution in [0, 0.1) is 0 Å². The molecule has 3 nitrogen and oxygen atoms in total. The number of rotatable bonds is 5. The van der Waals surface area contributed by atoms with Crippen LogP contribution in [0.15, 0.2) is 17.5 Å². The van der Waals surface area contributed by atoms with E-state index in [9.17, 15) is 0 Å². The molecule has 0 bridgehead atoms. The van der Waals surface area contributed by atoms with Gasteiger partial charge in [0.05, 0.1) is 0 Å². The first-order valence-electron chi connectivity index (χ1n) is 6.33. The third-order valence-corrected chi connectivity index (χ3v) is 4.29. The summed E-state index contributed by atoms with van der Waals surface area (Å²) in [5.41, 5.74) is 6.40. The Bertz CT molecular complexity index is 320. The molecule has 0 amide bonds. The van der Waals surface area contributed by atoms with Gasteiger partial charge in [-0.25, -0.2) is 0 Å². The van der Waals surface area contributed by atoms with Crippen molar-refractivity contribution in [1.29, 1.82) is 0 Å². The topological polar surface area (TPSA) is 38.5 Å². The second-order valence-electron chi connectivity index (χ2n) is 4.86. The van der Waals surface area contributed by atoms with Crippen LogP contribution in [-0.4, -0.2) is 36.7 Å². The average molecular weight is 254 g/mol. The van der Waals surface area contributed by atoms with Gasteiger partial charge in [0.25, 0.3) is 0 Å². The SMILES string of the molecule is CCN(Cc1cccs1)CC1(N)CCOCC1. The Morgan fingerprint density at radius 1 is 1.47 bits per heavy atom. The summed E-state index contributed by atoms with van der Waals surface area (Å²) in [7, 11) is 0. The van der Waals surface area contributed by atoms with Crippen LogP contribution in [0.2, 0.25) is 0 Å². The van der Waals surface area contributed by atoms with E-state index in [1.165, 1.54) is 4.88 Å². The van der Waals surface area contributed by atoms with E-state index >= 15 is 0 Å². The number of thiophene rings is 1. The van der Waals surface area contributed by atoms with Gasteiger partial charge in [-0.15, -0.1) is 11.3 Å². The van der Waals surface area contributed by atoms with E-state index in [0.29, 0.717) is 0 Å². The largest absolute Gasteiger partial charge is 0.381 e. The summed E-state index contributed by atoms with van der Waals surface area (Å²) in [5, 5.41) is 2.13. The minimum Gasteiger partial charge on any atom is -0.381 e. The smallest absolute Gasteiger partial charge is 0.0484 e. The van der Waals surface area contributed by atoms with Crippen LogP contribution < -0.4 is 5.73 Å². The molecule has 4 heteroatoms. The van der Waals surface area contributed by atoms with E-state index in [1.54, 1.807) is 0 Å². The molecule has 0 radical (unpaired) electrons. The third-order valence-electron chi connectivity index (χ3n) is 3.43. The zero-order chi connectivity index (χ0) is 12.1. The highest BCUT2D eigenvalue weighted by molar-refractivity contribution is 7.09. The monoisotopic (exact) mass is 254 g/mol. The molecule has 1 aromatic heterocycles. The van der Waals surface area contributed by atoms with Crippen LogP contribution in [0.1, 0.15) is 24.6 Å². The highest BCUT2D eigenvalue weighted by Crippen LogP contribution is 2.21. The molecule has 2 N–H and O–H groups in total. The lowest BCUT2D eigenvalue weighted by atomic mass is 9.90. The summed E-state index contributed by atoms with van der Waals surface area (Å²) >= 11 is 1.82. The minimum atomic E-state index is -0.0501. The first-order valence-corrected chi connectivity index (χ1v) is 7.21. The Morgan fingerprint density at radius 2 is 2.24 bits per heavy atom. The van der Waals surface area contributed by atoms with Crippen molar-refractivity contribution < 1.29 is 4.74 Å². The Balaban J connectivity index is 1.90. The molecule has 1 aliphatic rings. The first-order chi connectivity index (χ1) is 8.22. The van der Waals surface area contributed by atoms with E-state index in [-0.39, 0.29) is 5.54 Å². The van der Waals surface area contributed by atoms with Crippen molar-refractivity contribution in [3.05, 3.63) is 22.4 Å². The van der Waals surface area contributed by atoms with Crippen molar-refractivity contribution in [2.75, 3.05) is 26.3 Å². The van der Waals surface area contributed by atoms with Crippen molar-refractivity contribution in [1.82, 2.24) is 4.90 Å². The molecule has 0 aromatic carbocycles. The number of nitrogens with zero attached hydrogens (tertiary/aromatic N) is 1. The number of hydrogen-bond donors (Lipinski definition) is 1. The predicted molar refractivity (Wildman–Crippen MR) is 72.2 cm³/mol. The molecule has 0 atom stereocenters. The van der Waals surface area contributed by atoms with Gasteiger partial charge in [0, 0.05) is 36.7 Å². The maximum absolute atomic E-state index is 6.45. The quantitative estimate of drug-likeness (QED) is 0.874. The Kier molecular flexibility index (Phi) is 4.56. The van der Waals surface area contributed by atoms with E-state index in [1.807, 2.05) is 11.3 Å². The van der Waals surface area contributed by atoms with Gasteiger partial charge in [-0.05, 0) is 30.8 Å². The van der Waals surface area contributed by atoms with Gasteiger partial charge < -0.3 is 10.5 Å². The maximum atomic E-state index is 6.45. The van der Waals surface area contributed by atoms with E-state index in [2.05, 4.69) is 29.3 Å². The van der Waals surface area contributed by atoms with E-state index < -0.39 is 0 Å². The molecule has 0 aliphatic carbocycles. The van der Waals surface area contributed by atoms with Gasteiger partial charge in [0.2, 0.25) is 0 Å². The lowest BCUT2D eigenvalue weighted by Gasteiger charge is -2.37. The van der Waals surface area contributed by atoms with Gasteiger partial charge in [-0.3, -0.25) is 4.90 Å². The average Bonchev–Trinajstić information content (AvgIpc) is 2.81. The van der Waals surface area contributed by atoms with Gasteiger partial charge >= 0.3 is 0 Å². The molecule has 0 spiro atoms. The normalized spacial score (nSPS) is 19.7. The number of ether oxygens (including phenoxy) is 1. The number of likely N-dealkylation sites (N-methyl/N-ethyl adjacent to an activating group) is 1. The minimum absolute atomic E-state index is 0.0501. The van der Waals surface area contributed by atoms with Crippen LogP contribution in [0.4, 0.5) is 0 Å². The molecule has 96 valence electrons. The Hall–Kier alpha value is -0.420. The molecule has 2 heterocycles. The molecule has 1 aliphatic heterocycles. The number of hydrogen-bond acceptors (Lipinski definition) is 4. The summed E-state index contributed by atoms with van der Waals surface area (Å²) < 4.78 is 5.39. The van der Waals surface area contributed by atoms with Crippen molar-refractivity contribution in [2.45, 2.75) is 31.8 Å². The Labute approximate surface area is 108 Å². The molecular weight excluding hydrogens is 232 g/mol. The van der Waals surface area contributed by atoms with Gasteiger partial charge in [-0.1, -0.05) is 13.0 Å². The number of nitrogens with two attached hydrogens (primary N) is 1. The molecular formula is C13H22N2OS. The summed E-state index contributed by atoms with van der Waals surface area (Å²) in [6, 6.07) is 4.31.